The van der Waals surface area contributed by atoms with Crippen LogP contribution in [0.25, 0.3) is 0 Å². The maximum atomic E-state index is 12.5. The number of carboxylic acids is 2. The van der Waals surface area contributed by atoms with Crippen LogP contribution in [-0.4, -0.2) is 29.1 Å². The summed E-state index contributed by atoms with van der Waals surface area (Å²) >= 11 is 0. The minimum absolute atomic E-state index is 0. The summed E-state index contributed by atoms with van der Waals surface area (Å²) in [4.78, 5) is 38.1. The fourth-order valence-electron chi connectivity index (χ4n) is 6.44. The Morgan fingerprint density at radius 3 is 2.11 bits per heavy atom. The van der Waals surface area contributed by atoms with Gasteiger partial charge < -0.3 is 35.3 Å². The first-order valence-corrected chi connectivity index (χ1v) is 14.5. The monoisotopic (exact) mass is 694 g/mol. The Morgan fingerprint density at radius 1 is 0.894 bits per heavy atom. The van der Waals surface area contributed by atoms with Crippen LogP contribution in [0.2, 0.25) is 0 Å². The molecular weight excluding hydrogens is 662 g/mol. The largest absolute Gasteiger partial charge is 2.00 e. The third-order valence-corrected chi connectivity index (χ3v) is 8.86. The summed E-state index contributed by atoms with van der Waals surface area (Å²) < 4.78 is 0. The van der Waals surface area contributed by atoms with Gasteiger partial charge in [-0.1, -0.05) is 26.5 Å². The standard InChI is InChI=1S/C34H36N4O6.Fe.2Na/c1-7-19-15(3)23-12-25-17(5)21(9-10-29(39)40)32(37-25)22(11-30(41)42)33-31(34(43)44)18(6)26(38-33)14-28-20(8-2)16(4)24(36-28)13-27(19)35-23;;;/h7,12-14,17,21,37,43-44H,1,8-11H2,2-6H3,(H,39,40)(H,41,42);;;/q;+2;2*+1/p-4. The van der Waals surface area contributed by atoms with Crippen LogP contribution in [0.15, 0.2) is 119 Å². The third kappa shape index (κ3) is 7.73. The number of nitrogens with one attached hydrogen (secondary N) is 1. The van der Waals surface area contributed by atoms with Gasteiger partial charge in [-0.2, -0.15) is 5.95 Å². The van der Waals surface area contributed by atoms with E-state index in [1.54, 1.807) is 19.1 Å². The number of allylic oxidation sites excluding steroid dienone is 11. The number of aliphatic carboxylic acids is 2. The van der Waals surface area contributed by atoms with E-state index in [0.29, 0.717) is 51.9 Å². The van der Waals surface area contributed by atoms with E-state index in [-0.39, 0.29) is 112 Å². The number of hydrogen-bond acceptors (Lipinski definition) is 10. The second-order valence-electron chi connectivity index (χ2n) is 11.4. The van der Waals surface area contributed by atoms with Gasteiger partial charge in [0, 0.05) is 52.7 Å². The molecule has 5 aliphatic heterocycles. The number of rotatable bonds is 7. The molecule has 0 aromatic heterocycles. The van der Waals surface area contributed by atoms with Crippen molar-refractivity contribution in [2.45, 2.75) is 60.3 Å². The van der Waals surface area contributed by atoms with Crippen molar-refractivity contribution in [3.63, 3.8) is 0 Å². The summed E-state index contributed by atoms with van der Waals surface area (Å²) in [5.41, 5.74) is 7.71. The Balaban J connectivity index is 0.00000256. The molecule has 5 aliphatic rings. The molecule has 47 heavy (non-hydrogen) atoms. The summed E-state index contributed by atoms with van der Waals surface area (Å²) in [6.45, 7) is 13.4. The minimum atomic E-state index is -1.51. The molecule has 10 nitrogen and oxygen atoms in total. The molecule has 0 aliphatic carbocycles. The Hall–Kier alpha value is -2.47. The topological polar surface area (TPSA) is 175 Å². The average molecular weight is 694 g/mol. The summed E-state index contributed by atoms with van der Waals surface area (Å²) in [6, 6.07) is 0. The molecule has 0 radical (unpaired) electrons. The molecule has 2 atom stereocenters. The first kappa shape index (κ1) is 40.7. The Morgan fingerprint density at radius 2 is 1.53 bits per heavy atom. The molecule has 1 fully saturated rings. The first-order valence-electron chi connectivity index (χ1n) is 14.5. The SMILES string of the molecule is C=CC1=C(C)C2=NC1=CC1=NC(=CC3=C(C)C(=C([O-])[O-])C(=N3)C(CC(=O)[O-])=C3NC(=C2)C(C)C3CCC(=O)[O-])C(CC)=C1C.[Fe+2].[Na+].[Na+]. The number of carbonyl (C=O) groups is 2. The molecule has 1 N–H and O–H groups in total. The molecule has 2 unspecified atom stereocenters. The van der Waals surface area contributed by atoms with Crippen LogP contribution >= 0.6 is 0 Å². The number of carboxylic acid groups (broad SMARTS) is 2. The van der Waals surface area contributed by atoms with Crippen molar-refractivity contribution in [3.05, 3.63) is 104 Å². The van der Waals surface area contributed by atoms with Crippen molar-refractivity contribution in [1.29, 1.82) is 0 Å². The molecule has 0 amide bonds. The van der Waals surface area contributed by atoms with Gasteiger partial charge in [0.15, 0.2) is 0 Å². The molecule has 0 aromatic rings. The Labute approximate surface area is 329 Å². The van der Waals surface area contributed by atoms with Crippen molar-refractivity contribution in [2.75, 3.05) is 0 Å². The molecule has 1 saturated heterocycles. The number of aliphatic imine (C=N–C) groups is 3. The maximum absolute atomic E-state index is 12.5. The number of nitrogens with zero attached hydrogens (tertiary/aromatic N) is 3. The Bertz CT molecular complexity index is 1780. The zero-order valence-electron chi connectivity index (χ0n) is 27.6. The average Bonchev–Trinajstić information content (AvgIpc) is 3.63. The van der Waals surface area contributed by atoms with E-state index >= 15 is 0 Å². The zero-order valence-corrected chi connectivity index (χ0v) is 32.7. The van der Waals surface area contributed by atoms with E-state index in [4.69, 9.17) is 9.98 Å². The number of hydrogen-bond donors (Lipinski definition) is 1. The van der Waals surface area contributed by atoms with Crippen LogP contribution in [-0.2, 0) is 26.7 Å². The normalized spacial score (nSPS) is 21.4. The molecule has 5 heterocycles. The third-order valence-electron chi connectivity index (χ3n) is 8.86. The van der Waals surface area contributed by atoms with Crippen LogP contribution in [0, 0.1) is 11.8 Å². The van der Waals surface area contributed by atoms with Gasteiger partial charge in [-0.25, -0.2) is 15.0 Å². The van der Waals surface area contributed by atoms with Crippen LogP contribution < -0.4 is 84.9 Å². The molecule has 0 aromatic carbocycles. The van der Waals surface area contributed by atoms with Crippen LogP contribution in [0.5, 0.6) is 0 Å². The van der Waals surface area contributed by atoms with Gasteiger partial charge in [-0.05, 0) is 86.1 Å². The minimum Gasteiger partial charge on any atom is -0.883 e. The molecule has 0 saturated carbocycles. The fraction of sp³-hybridized carbons (Fsp3) is 0.324. The predicted octanol–water partition coefficient (Wildman–Crippen LogP) is -4.76. The van der Waals surface area contributed by atoms with E-state index in [2.05, 4.69) is 16.9 Å². The van der Waals surface area contributed by atoms with E-state index in [1.807, 2.05) is 39.8 Å². The molecule has 8 bridgehead atoms. The van der Waals surface area contributed by atoms with Gasteiger partial charge in [0.05, 0.1) is 34.2 Å². The molecule has 5 rings (SSSR count). The van der Waals surface area contributed by atoms with Crippen molar-refractivity contribution < 1.29 is 106 Å². The quantitative estimate of drug-likeness (QED) is 0.206. The van der Waals surface area contributed by atoms with Crippen LogP contribution in [0.1, 0.15) is 60.3 Å². The van der Waals surface area contributed by atoms with Gasteiger partial charge in [-0.3, -0.25) is 0 Å². The van der Waals surface area contributed by atoms with E-state index < -0.39 is 30.2 Å². The second-order valence-corrected chi connectivity index (χ2v) is 11.4. The number of fused-ring (bicyclic) bond motifs is 5. The molecule has 13 heteroatoms. The molecule has 0 spiro atoms. The van der Waals surface area contributed by atoms with Gasteiger partial charge >= 0.3 is 76.2 Å². The fourth-order valence-corrected chi connectivity index (χ4v) is 6.44. The first-order chi connectivity index (χ1) is 20.9. The van der Waals surface area contributed by atoms with E-state index in [0.717, 1.165) is 22.3 Å². The summed E-state index contributed by atoms with van der Waals surface area (Å²) in [5, 5.41) is 52.0. The van der Waals surface area contributed by atoms with E-state index in [9.17, 15) is 30.0 Å². The smallest absolute Gasteiger partial charge is 0.883 e. The van der Waals surface area contributed by atoms with Gasteiger partial charge in [0.1, 0.15) is 0 Å². The van der Waals surface area contributed by atoms with Gasteiger partial charge in [0.25, 0.3) is 0 Å². The van der Waals surface area contributed by atoms with Gasteiger partial charge in [0.2, 0.25) is 0 Å². The second kappa shape index (κ2) is 16.3. The van der Waals surface area contributed by atoms with Gasteiger partial charge in [-0.15, -0.1) is 0 Å². The van der Waals surface area contributed by atoms with Crippen LogP contribution in [0.4, 0.5) is 0 Å². The molecule has 234 valence electrons. The van der Waals surface area contributed by atoms with Crippen molar-refractivity contribution in [1.82, 2.24) is 5.32 Å². The summed E-state index contributed by atoms with van der Waals surface area (Å²) in [7, 11) is 0. The molecular formula is C34H32FeN4Na2O6. The van der Waals surface area contributed by atoms with Crippen molar-refractivity contribution in [2.24, 2.45) is 26.8 Å². The number of carbonyl (C=O) groups excluding carboxylic acids is 2. The maximum Gasteiger partial charge on any atom is 2.00 e. The zero-order chi connectivity index (χ0) is 32.0. The van der Waals surface area contributed by atoms with Crippen molar-refractivity contribution >= 4 is 29.1 Å². The summed E-state index contributed by atoms with van der Waals surface area (Å²) in [6.07, 6.45) is 7.02. The predicted molar refractivity (Wildman–Crippen MR) is 159 cm³/mol. The summed E-state index contributed by atoms with van der Waals surface area (Å²) in [5.74, 6) is -5.04. The van der Waals surface area contributed by atoms with Crippen molar-refractivity contribution in [3.8, 4) is 0 Å². The van der Waals surface area contributed by atoms with E-state index in [1.165, 1.54) is 0 Å². The Kier molecular flexibility index (Phi) is 14.1. The van der Waals surface area contributed by atoms with Crippen LogP contribution in [0.3, 0.4) is 0 Å².